The lowest BCUT2D eigenvalue weighted by molar-refractivity contribution is -0.140. The molecule has 0 heterocycles. The van der Waals surface area contributed by atoms with E-state index in [9.17, 15) is 14.0 Å². The standard InChI is InChI=1S/C8H13FN2O2/c1-5(6(10)12)11-7(13)8(9)3-2-4-8/h5H,2-4H2,1H3,(H2,10,12)(H,11,13). The molecule has 1 saturated carbocycles. The molecule has 0 aliphatic heterocycles. The zero-order chi connectivity index (χ0) is 10.1. The van der Waals surface area contributed by atoms with Gasteiger partial charge < -0.3 is 11.1 Å². The zero-order valence-corrected chi connectivity index (χ0v) is 7.47. The second-order valence-electron chi connectivity index (χ2n) is 3.42. The molecule has 0 bridgehead atoms. The number of carbonyl (C=O) groups excluding carboxylic acids is 2. The van der Waals surface area contributed by atoms with Gasteiger partial charge in [-0.3, -0.25) is 9.59 Å². The molecule has 2 amide bonds. The predicted octanol–water partition coefficient (Wildman–Crippen LogP) is -0.131. The highest BCUT2D eigenvalue weighted by molar-refractivity contribution is 5.91. The first-order chi connectivity index (χ1) is 5.96. The van der Waals surface area contributed by atoms with Crippen LogP contribution in [0.5, 0.6) is 0 Å². The summed E-state index contributed by atoms with van der Waals surface area (Å²) in [5.74, 6) is -1.37. The number of carbonyl (C=O) groups is 2. The van der Waals surface area contributed by atoms with Gasteiger partial charge in [0, 0.05) is 0 Å². The number of primary amides is 1. The lowest BCUT2D eigenvalue weighted by Crippen LogP contribution is -2.53. The Bertz CT molecular complexity index is 238. The molecule has 13 heavy (non-hydrogen) atoms. The van der Waals surface area contributed by atoms with Gasteiger partial charge in [-0.2, -0.15) is 0 Å². The fourth-order valence-electron chi connectivity index (χ4n) is 1.11. The van der Waals surface area contributed by atoms with Crippen molar-refractivity contribution in [3.05, 3.63) is 0 Å². The molecule has 0 radical (unpaired) electrons. The second-order valence-corrected chi connectivity index (χ2v) is 3.42. The normalized spacial score (nSPS) is 21.4. The van der Waals surface area contributed by atoms with Crippen LogP contribution in [0.1, 0.15) is 26.2 Å². The fraction of sp³-hybridized carbons (Fsp3) is 0.750. The van der Waals surface area contributed by atoms with E-state index in [4.69, 9.17) is 5.73 Å². The van der Waals surface area contributed by atoms with Gasteiger partial charge in [0.05, 0.1) is 0 Å². The smallest absolute Gasteiger partial charge is 0.258 e. The summed E-state index contributed by atoms with van der Waals surface area (Å²) in [4.78, 5) is 21.7. The molecule has 0 aromatic rings. The maximum absolute atomic E-state index is 13.4. The molecule has 4 nitrogen and oxygen atoms in total. The van der Waals surface area contributed by atoms with E-state index >= 15 is 0 Å². The average Bonchev–Trinajstić information content (AvgIpc) is 1.99. The minimum absolute atomic E-state index is 0.240. The zero-order valence-electron chi connectivity index (χ0n) is 7.47. The minimum atomic E-state index is -1.76. The highest BCUT2D eigenvalue weighted by atomic mass is 19.1. The molecule has 0 spiro atoms. The molecule has 3 N–H and O–H groups in total. The van der Waals surface area contributed by atoms with Gasteiger partial charge in [0.2, 0.25) is 5.91 Å². The molecule has 0 aromatic heterocycles. The van der Waals surface area contributed by atoms with Crippen LogP contribution in [0.25, 0.3) is 0 Å². The Hall–Kier alpha value is -1.13. The quantitative estimate of drug-likeness (QED) is 0.647. The molecule has 0 saturated heterocycles. The van der Waals surface area contributed by atoms with Gasteiger partial charge in [-0.25, -0.2) is 4.39 Å². The fourth-order valence-corrected chi connectivity index (χ4v) is 1.11. The Morgan fingerprint density at radius 1 is 1.54 bits per heavy atom. The van der Waals surface area contributed by atoms with Crippen molar-refractivity contribution in [1.82, 2.24) is 5.32 Å². The van der Waals surface area contributed by atoms with Gasteiger partial charge in [-0.05, 0) is 26.2 Å². The third-order valence-electron chi connectivity index (χ3n) is 2.33. The molecule has 74 valence electrons. The van der Waals surface area contributed by atoms with Crippen molar-refractivity contribution in [2.24, 2.45) is 5.73 Å². The Morgan fingerprint density at radius 2 is 2.08 bits per heavy atom. The number of nitrogens with one attached hydrogen (secondary N) is 1. The van der Waals surface area contributed by atoms with E-state index in [1.165, 1.54) is 6.92 Å². The summed E-state index contributed by atoms with van der Waals surface area (Å²) in [6, 6.07) is -0.805. The van der Waals surface area contributed by atoms with Crippen molar-refractivity contribution in [3.63, 3.8) is 0 Å². The van der Waals surface area contributed by atoms with E-state index in [1.807, 2.05) is 0 Å². The highest BCUT2D eigenvalue weighted by Gasteiger charge is 2.45. The number of halogens is 1. The van der Waals surface area contributed by atoms with Crippen molar-refractivity contribution in [3.8, 4) is 0 Å². The van der Waals surface area contributed by atoms with Crippen molar-refractivity contribution < 1.29 is 14.0 Å². The van der Waals surface area contributed by atoms with Crippen LogP contribution in [0, 0.1) is 0 Å². The maximum atomic E-state index is 13.4. The lowest BCUT2D eigenvalue weighted by Gasteiger charge is -2.32. The van der Waals surface area contributed by atoms with Crippen LogP contribution in [0.4, 0.5) is 4.39 Å². The first-order valence-corrected chi connectivity index (χ1v) is 4.25. The third kappa shape index (κ3) is 1.96. The molecule has 1 aliphatic carbocycles. The molecule has 0 aromatic carbocycles. The summed E-state index contributed by atoms with van der Waals surface area (Å²) in [5.41, 5.74) is 3.15. The minimum Gasteiger partial charge on any atom is -0.368 e. The number of hydrogen-bond donors (Lipinski definition) is 2. The number of hydrogen-bond acceptors (Lipinski definition) is 2. The monoisotopic (exact) mass is 188 g/mol. The second kappa shape index (κ2) is 3.32. The molecule has 5 heteroatoms. The van der Waals surface area contributed by atoms with Crippen molar-refractivity contribution in [2.75, 3.05) is 0 Å². The largest absolute Gasteiger partial charge is 0.368 e. The summed E-state index contributed by atoms with van der Waals surface area (Å²) in [6.07, 6.45) is 1.20. The summed E-state index contributed by atoms with van der Waals surface area (Å²) in [6.45, 7) is 1.43. The highest BCUT2D eigenvalue weighted by Crippen LogP contribution is 2.35. The van der Waals surface area contributed by atoms with E-state index in [-0.39, 0.29) is 12.8 Å². The molecule has 1 rings (SSSR count). The van der Waals surface area contributed by atoms with Gasteiger partial charge in [0.1, 0.15) is 6.04 Å². The first kappa shape index (κ1) is 9.95. The van der Waals surface area contributed by atoms with E-state index in [0.29, 0.717) is 0 Å². The summed E-state index contributed by atoms with van der Waals surface area (Å²) in [5, 5.41) is 2.23. The van der Waals surface area contributed by atoms with E-state index in [1.54, 1.807) is 0 Å². The lowest BCUT2D eigenvalue weighted by atomic mass is 9.81. The van der Waals surface area contributed by atoms with Crippen LogP contribution >= 0.6 is 0 Å². The van der Waals surface area contributed by atoms with Crippen molar-refractivity contribution in [1.29, 1.82) is 0 Å². The van der Waals surface area contributed by atoms with Crippen LogP contribution in [-0.4, -0.2) is 23.5 Å². The maximum Gasteiger partial charge on any atom is 0.258 e. The van der Waals surface area contributed by atoms with Gasteiger partial charge in [0.15, 0.2) is 5.67 Å². The average molecular weight is 188 g/mol. The van der Waals surface area contributed by atoms with E-state index < -0.39 is 23.5 Å². The van der Waals surface area contributed by atoms with E-state index in [2.05, 4.69) is 5.32 Å². The molecule has 1 unspecified atom stereocenters. The molecule has 1 fully saturated rings. The van der Waals surface area contributed by atoms with Crippen molar-refractivity contribution in [2.45, 2.75) is 37.9 Å². The number of amides is 2. The number of nitrogens with two attached hydrogens (primary N) is 1. The molecular weight excluding hydrogens is 175 g/mol. The molecule has 1 aliphatic rings. The van der Waals surface area contributed by atoms with Gasteiger partial charge in [0.25, 0.3) is 5.91 Å². The Morgan fingerprint density at radius 3 is 2.38 bits per heavy atom. The molecule has 1 atom stereocenters. The SMILES string of the molecule is CC(NC(=O)C1(F)CCC1)C(N)=O. The molecular formula is C8H13FN2O2. The Labute approximate surface area is 75.7 Å². The van der Waals surface area contributed by atoms with Crippen LogP contribution in [0.3, 0.4) is 0 Å². The van der Waals surface area contributed by atoms with Gasteiger partial charge >= 0.3 is 0 Å². The predicted molar refractivity (Wildman–Crippen MR) is 44.5 cm³/mol. The van der Waals surface area contributed by atoms with Crippen LogP contribution < -0.4 is 11.1 Å². The first-order valence-electron chi connectivity index (χ1n) is 4.25. The Balaban J connectivity index is 2.45. The topological polar surface area (TPSA) is 72.2 Å². The van der Waals surface area contributed by atoms with Crippen molar-refractivity contribution >= 4 is 11.8 Å². The Kier molecular flexibility index (Phi) is 2.54. The summed E-state index contributed by atoms with van der Waals surface area (Å²) in [7, 11) is 0. The van der Waals surface area contributed by atoms with Gasteiger partial charge in [-0.1, -0.05) is 0 Å². The van der Waals surface area contributed by atoms with Gasteiger partial charge in [-0.15, -0.1) is 0 Å². The third-order valence-corrected chi connectivity index (χ3v) is 2.33. The summed E-state index contributed by atoms with van der Waals surface area (Å²) < 4.78 is 13.4. The van der Waals surface area contributed by atoms with Crippen LogP contribution in [0.15, 0.2) is 0 Å². The van der Waals surface area contributed by atoms with Crippen LogP contribution in [-0.2, 0) is 9.59 Å². The van der Waals surface area contributed by atoms with Crippen LogP contribution in [0.2, 0.25) is 0 Å². The van der Waals surface area contributed by atoms with E-state index in [0.717, 1.165) is 6.42 Å². The number of rotatable bonds is 3. The number of alkyl halides is 1. The summed E-state index contributed by atoms with van der Waals surface area (Å²) >= 11 is 0.